The number of aryl methyl sites for hydroxylation is 1. The highest BCUT2D eigenvalue weighted by atomic mass is 16.5. The molecule has 1 aliphatic heterocycles. The van der Waals surface area contributed by atoms with Crippen LogP contribution in [0.25, 0.3) is 0 Å². The highest BCUT2D eigenvalue weighted by molar-refractivity contribution is 5.27. The Hall–Kier alpha value is -1.02. The summed E-state index contributed by atoms with van der Waals surface area (Å²) in [7, 11) is 0. The van der Waals surface area contributed by atoms with Gasteiger partial charge < -0.3 is 10.1 Å². The van der Waals surface area contributed by atoms with Gasteiger partial charge in [0.1, 0.15) is 11.4 Å². The van der Waals surface area contributed by atoms with E-state index >= 15 is 0 Å². The van der Waals surface area contributed by atoms with E-state index in [4.69, 9.17) is 4.74 Å². The highest BCUT2D eigenvalue weighted by Crippen LogP contribution is 2.24. The van der Waals surface area contributed by atoms with Crippen LogP contribution in [0.2, 0.25) is 0 Å². The van der Waals surface area contributed by atoms with Crippen molar-refractivity contribution in [3.8, 4) is 5.75 Å². The number of piperidine rings is 1. The third kappa shape index (κ3) is 2.76. The summed E-state index contributed by atoms with van der Waals surface area (Å²) >= 11 is 0. The summed E-state index contributed by atoms with van der Waals surface area (Å²) in [6.07, 6.45) is 3.41. The number of ether oxygens (including phenoxy) is 1. The van der Waals surface area contributed by atoms with E-state index in [9.17, 15) is 0 Å². The molecule has 0 radical (unpaired) electrons. The van der Waals surface area contributed by atoms with Gasteiger partial charge in [-0.1, -0.05) is 19.1 Å². The van der Waals surface area contributed by atoms with Gasteiger partial charge in [0.05, 0.1) is 0 Å². The fourth-order valence-corrected chi connectivity index (χ4v) is 2.19. The smallest absolute Gasteiger partial charge is 0.120 e. The van der Waals surface area contributed by atoms with E-state index in [0.717, 1.165) is 31.7 Å². The molecule has 1 fully saturated rings. The average molecular weight is 219 g/mol. The Kier molecular flexibility index (Phi) is 3.49. The van der Waals surface area contributed by atoms with Gasteiger partial charge in [0.25, 0.3) is 0 Å². The molecule has 0 amide bonds. The van der Waals surface area contributed by atoms with E-state index in [-0.39, 0.29) is 5.60 Å². The molecular formula is C14H21NO. The number of hydrogen-bond acceptors (Lipinski definition) is 2. The van der Waals surface area contributed by atoms with Crippen LogP contribution in [0.5, 0.6) is 5.75 Å². The van der Waals surface area contributed by atoms with E-state index in [2.05, 4.69) is 43.4 Å². The van der Waals surface area contributed by atoms with Crippen molar-refractivity contribution in [1.82, 2.24) is 5.32 Å². The average Bonchev–Trinajstić information content (AvgIpc) is 2.30. The summed E-state index contributed by atoms with van der Waals surface area (Å²) in [6, 6.07) is 8.46. The van der Waals surface area contributed by atoms with Crippen molar-refractivity contribution in [2.24, 2.45) is 0 Å². The Morgan fingerprint density at radius 2 is 2.06 bits per heavy atom. The van der Waals surface area contributed by atoms with E-state index < -0.39 is 0 Å². The van der Waals surface area contributed by atoms with Crippen molar-refractivity contribution in [2.75, 3.05) is 13.1 Å². The Labute approximate surface area is 98.0 Å². The first kappa shape index (κ1) is 11.5. The predicted molar refractivity (Wildman–Crippen MR) is 67.0 cm³/mol. The van der Waals surface area contributed by atoms with Crippen molar-refractivity contribution < 1.29 is 4.74 Å². The second-order valence-electron chi connectivity index (χ2n) is 4.83. The Balaban J connectivity index is 2.01. The van der Waals surface area contributed by atoms with Crippen molar-refractivity contribution in [2.45, 2.75) is 38.7 Å². The van der Waals surface area contributed by atoms with Gasteiger partial charge in [0.2, 0.25) is 0 Å². The normalized spacial score (nSPS) is 25.4. The molecule has 1 saturated heterocycles. The van der Waals surface area contributed by atoms with Gasteiger partial charge in [-0.2, -0.15) is 0 Å². The molecule has 1 aromatic rings. The van der Waals surface area contributed by atoms with Crippen LogP contribution in [0, 0.1) is 0 Å². The number of rotatable bonds is 3. The molecule has 0 bridgehead atoms. The van der Waals surface area contributed by atoms with Crippen LogP contribution in [-0.4, -0.2) is 18.7 Å². The lowest BCUT2D eigenvalue weighted by Crippen LogP contribution is -2.47. The Morgan fingerprint density at radius 3 is 2.62 bits per heavy atom. The van der Waals surface area contributed by atoms with Gasteiger partial charge in [-0.3, -0.25) is 0 Å². The number of benzene rings is 1. The molecule has 2 heteroatoms. The van der Waals surface area contributed by atoms with Crippen molar-refractivity contribution in [1.29, 1.82) is 0 Å². The molecule has 0 aliphatic carbocycles. The topological polar surface area (TPSA) is 21.3 Å². The summed E-state index contributed by atoms with van der Waals surface area (Å²) < 4.78 is 6.08. The first-order valence-corrected chi connectivity index (χ1v) is 6.20. The standard InChI is InChI=1S/C14H21NO/c1-3-12-5-7-13(8-6-12)16-14(2)9-4-10-15-11-14/h5-8,15H,3-4,9-11H2,1-2H3. The minimum atomic E-state index is -0.0357. The second kappa shape index (κ2) is 4.88. The quantitative estimate of drug-likeness (QED) is 0.844. The van der Waals surface area contributed by atoms with E-state index in [1.807, 2.05) is 0 Å². The first-order valence-electron chi connectivity index (χ1n) is 6.20. The minimum Gasteiger partial charge on any atom is -0.486 e. The molecule has 0 saturated carbocycles. The summed E-state index contributed by atoms with van der Waals surface area (Å²) in [5.74, 6) is 0.989. The van der Waals surface area contributed by atoms with Crippen LogP contribution < -0.4 is 10.1 Å². The van der Waals surface area contributed by atoms with E-state index in [0.29, 0.717) is 0 Å². The zero-order chi connectivity index (χ0) is 11.4. The lowest BCUT2D eigenvalue weighted by Gasteiger charge is -2.34. The highest BCUT2D eigenvalue weighted by Gasteiger charge is 2.28. The molecule has 0 aromatic heterocycles. The SMILES string of the molecule is CCc1ccc(OC2(C)CCCNC2)cc1. The predicted octanol–water partition coefficient (Wildman–Crippen LogP) is 2.77. The lowest BCUT2D eigenvalue weighted by molar-refractivity contribution is 0.0614. The largest absolute Gasteiger partial charge is 0.486 e. The molecule has 2 rings (SSSR count). The van der Waals surface area contributed by atoms with Crippen LogP contribution in [-0.2, 0) is 6.42 Å². The van der Waals surface area contributed by atoms with E-state index in [1.54, 1.807) is 0 Å². The Bertz CT molecular complexity index is 325. The first-order chi connectivity index (χ1) is 7.72. The molecule has 16 heavy (non-hydrogen) atoms. The molecule has 1 unspecified atom stereocenters. The third-order valence-electron chi connectivity index (χ3n) is 3.25. The van der Waals surface area contributed by atoms with Crippen LogP contribution in [0.15, 0.2) is 24.3 Å². The molecule has 0 spiro atoms. The maximum absolute atomic E-state index is 6.08. The number of hydrogen-bond donors (Lipinski definition) is 1. The Morgan fingerprint density at radius 1 is 1.31 bits per heavy atom. The van der Waals surface area contributed by atoms with Crippen molar-refractivity contribution in [3.63, 3.8) is 0 Å². The summed E-state index contributed by atoms with van der Waals surface area (Å²) in [5.41, 5.74) is 1.32. The molecular weight excluding hydrogens is 198 g/mol. The molecule has 2 nitrogen and oxygen atoms in total. The van der Waals surface area contributed by atoms with Gasteiger partial charge in [0.15, 0.2) is 0 Å². The third-order valence-corrected chi connectivity index (χ3v) is 3.25. The van der Waals surface area contributed by atoms with Crippen LogP contribution >= 0.6 is 0 Å². The maximum atomic E-state index is 6.08. The van der Waals surface area contributed by atoms with Gasteiger partial charge in [-0.25, -0.2) is 0 Å². The summed E-state index contributed by atoms with van der Waals surface area (Å²) in [4.78, 5) is 0. The van der Waals surface area contributed by atoms with Crippen LogP contribution in [0.4, 0.5) is 0 Å². The molecule has 88 valence electrons. The number of nitrogens with one attached hydrogen (secondary N) is 1. The van der Waals surface area contributed by atoms with E-state index in [1.165, 1.54) is 12.0 Å². The molecule has 1 heterocycles. The molecule has 1 aromatic carbocycles. The molecule has 1 N–H and O–H groups in total. The van der Waals surface area contributed by atoms with Crippen molar-refractivity contribution in [3.05, 3.63) is 29.8 Å². The monoisotopic (exact) mass is 219 g/mol. The zero-order valence-corrected chi connectivity index (χ0v) is 10.3. The van der Waals surface area contributed by atoms with Gasteiger partial charge in [-0.05, 0) is 50.4 Å². The van der Waals surface area contributed by atoms with Crippen LogP contribution in [0.1, 0.15) is 32.3 Å². The maximum Gasteiger partial charge on any atom is 0.120 e. The van der Waals surface area contributed by atoms with Gasteiger partial charge in [0, 0.05) is 6.54 Å². The fraction of sp³-hybridized carbons (Fsp3) is 0.571. The van der Waals surface area contributed by atoms with Crippen LogP contribution in [0.3, 0.4) is 0 Å². The van der Waals surface area contributed by atoms with Gasteiger partial charge >= 0.3 is 0 Å². The minimum absolute atomic E-state index is 0.0357. The molecule has 1 aliphatic rings. The zero-order valence-electron chi connectivity index (χ0n) is 10.3. The summed E-state index contributed by atoms with van der Waals surface area (Å²) in [5, 5.41) is 3.39. The summed E-state index contributed by atoms with van der Waals surface area (Å²) in [6.45, 7) is 6.42. The second-order valence-corrected chi connectivity index (χ2v) is 4.83. The molecule has 1 atom stereocenters. The fourth-order valence-electron chi connectivity index (χ4n) is 2.19. The lowest BCUT2D eigenvalue weighted by atomic mass is 9.96. The van der Waals surface area contributed by atoms with Gasteiger partial charge in [-0.15, -0.1) is 0 Å². The van der Waals surface area contributed by atoms with Crippen molar-refractivity contribution >= 4 is 0 Å².